The molecule has 8 heteroatoms. The van der Waals surface area contributed by atoms with Gasteiger partial charge >= 0.3 is 6.16 Å². The molecule has 4 fully saturated rings. The third-order valence-electron chi connectivity index (χ3n) is 9.90. The number of ether oxygens (including phenoxy) is 4. The van der Waals surface area contributed by atoms with Crippen LogP contribution >= 0.6 is 0 Å². The van der Waals surface area contributed by atoms with Gasteiger partial charge in [-0.3, -0.25) is 19.1 Å². The molecule has 7 nitrogen and oxygen atoms in total. The number of halogens is 1. The van der Waals surface area contributed by atoms with E-state index < -0.39 is 40.3 Å². The number of aliphatic hydroxyl groups excluding tert-OH is 1. The van der Waals surface area contributed by atoms with Gasteiger partial charge in [0.05, 0.1) is 19.3 Å². The Morgan fingerprint density at radius 1 is 1.17 bits per heavy atom. The molecule has 0 bridgehead atoms. The molecule has 5 aliphatic rings. The highest BCUT2D eigenvalue weighted by atomic mass is 19.1. The van der Waals surface area contributed by atoms with Gasteiger partial charge in [-0.1, -0.05) is 25.5 Å². The Bertz CT molecular complexity index is 986. The average Bonchev–Trinajstić information content (AvgIpc) is 3.00. The molecule has 1 saturated heterocycles. The molecular weight excluding hydrogens is 455 g/mol. The zero-order valence-electron chi connectivity index (χ0n) is 21.3. The minimum Gasteiger partial charge on any atom is -0.390 e. The highest BCUT2D eigenvalue weighted by molar-refractivity contribution is 6.01. The molecule has 1 spiro atoms. The summed E-state index contributed by atoms with van der Waals surface area (Å²) in [4.78, 5) is 25.7. The van der Waals surface area contributed by atoms with Gasteiger partial charge in [-0.15, -0.1) is 0 Å². The van der Waals surface area contributed by atoms with Crippen molar-refractivity contribution in [1.29, 1.82) is 0 Å². The Morgan fingerprint density at radius 2 is 1.86 bits per heavy atom. The third-order valence-corrected chi connectivity index (χ3v) is 9.90. The zero-order chi connectivity index (χ0) is 25.4. The van der Waals surface area contributed by atoms with E-state index in [2.05, 4.69) is 0 Å². The van der Waals surface area contributed by atoms with E-state index in [9.17, 15) is 14.7 Å². The van der Waals surface area contributed by atoms with Gasteiger partial charge in [-0.05, 0) is 70.4 Å². The molecule has 0 amide bonds. The summed E-state index contributed by atoms with van der Waals surface area (Å²) in [5.41, 5.74) is -4.52. The molecule has 3 saturated carbocycles. The maximum Gasteiger partial charge on any atom is 0.414 e. The van der Waals surface area contributed by atoms with Gasteiger partial charge in [0, 0.05) is 16.7 Å². The number of hydrogen-bond acceptors (Lipinski definition) is 7. The van der Waals surface area contributed by atoms with E-state index in [1.54, 1.807) is 26.8 Å². The molecule has 1 heterocycles. The fourth-order valence-electron chi connectivity index (χ4n) is 8.42. The summed E-state index contributed by atoms with van der Waals surface area (Å²) in [6.07, 6.45) is 3.08. The van der Waals surface area contributed by atoms with Crippen molar-refractivity contribution in [3.63, 3.8) is 0 Å². The highest BCUT2D eigenvalue weighted by Gasteiger charge is 2.78. The van der Waals surface area contributed by atoms with Crippen LogP contribution in [-0.2, 0) is 28.5 Å². The van der Waals surface area contributed by atoms with Gasteiger partial charge in [-0.2, -0.15) is 0 Å². The predicted octanol–water partition coefficient (Wildman–Crippen LogP) is 3.64. The van der Waals surface area contributed by atoms with Gasteiger partial charge in [0.15, 0.2) is 17.2 Å². The minimum atomic E-state index is -1.96. The van der Waals surface area contributed by atoms with Crippen LogP contribution in [0, 0.1) is 28.6 Å². The standard InChI is InChI=1S/C27H37FO7/c1-6-32-27(33-7-2)34-15-22(31)26(35-27)16(3)12-20-19-9-8-17-13-18(29)10-11-23(17,4)25(19,28)21(30)14-24(20,26)5/h10-11,13,16,19-21,30H,6-9,12,14-15H2,1-5H3/t16-,19+,20+,21+,23+,24+,25+,26+/m1/s1. The number of aliphatic hydroxyl groups is 1. The van der Waals surface area contributed by atoms with Gasteiger partial charge in [0.2, 0.25) is 0 Å². The number of alkyl halides is 1. The number of carbonyl (C=O) groups excluding carboxylic acids is 2. The molecule has 1 N–H and O–H groups in total. The van der Waals surface area contributed by atoms with Crippen LogP contribution in [0.25, 0.3) is 0 Å². The van der Waals surface area contributed by atoms with E-state index in [1.807, 2.05) is 13.8 Å². The van der Waals surface area contributed by atoms with Crippen molar-refractivity contribution in [3.05, 3.63) is 23.8 Å². The van der Waals surface area contributed by atoms with Crippen LogP contribution in [0.2, 0.25) is 0 Å². The third kappa shape index (κ3) is 3.00. The van der Waals surface area contributed by atoms with Crippen LogP contribution in [0.3, 0.4) is 0 Å². The van der Waals surface area contributed by atoms with Crippen molar-refractivity contribution >= 4 is 11.6 Å². The molecule has 0 radical (unpaired) electrons. The number of ketones is 2. The van der Waals surface area contributed by atoms with E-state index in [0.717, 1.165) is 5.57 Å². The van der Waals surface area contributed by atoms with Crippen LogP contribution in [0.15, 0.2) is 23.8 Å². The number of carbonyl (C=O) groups is 2. The van der Waals surface area contributed by atoms with Crippen molar-refractivity contribution in [3.8, 4) is 0 Å². The SMILES string of the molecule is CCOC1(OCC)OCC(=O)[C@@]2(O1)[C@H](C)C[C@H]1[C@@H]3CCC4=CC(=O)C=C[C@]4(C)[C@@]3(F)[C@@H](O)C[C@@]12C. The largest absolute Gasteiger partial charge is 0.414 e. The van der Waals surface area contributed by atoms with E-state index >= 15 is 4.39 Å². The summed E-state index contributed by atoms with van der Waals surface area (Å²) < 4.78 is 41.1. The van der Waals surface area contributed by atoms with Crippen molar-refractivity contribution in [2.24, 2.45) is 28.6 Å². The Balaban J connectivity index is 1.60. The molecule has 0 aromatic heterocycles. The first-order valence-corrected chi connectivity index (χ1v) is 12.9. The maximum absolute atomic E-state index is 17.4. The van der Waals surface area contributed by atoms with Crippen LogP contribution in [0.4, 0.5) is 4.39 Å². The normalized spacial score (nSPS) is 48.4. The number of hydrogen-bond donors (Lipinski definition) is 1. The lowest BCUT2D eigenvalue weighted by Crippen LogP contribution is -2.72. The molecule has 0 unspecified atom stereocenters. The number of Topliss-reactive ketones (excluding diaryl/α,β-unsaturated/α-hetero) is 1. The number of allylic oxidation sites excluding steroid dienone is 4. The van der Waals surface area contributed by atoms with Gasteiger partial charge in [0.25, 0.3) is 0 Å². The quantitative estimate of drug-likeness (QED) is 0.599. The Labute approximate surface area is 206 Å². The lowest BCUT2D eigenvalue weighted by molar-refractivity contribution is -0.531. The molecule has 0 aromatic rings. The minimum absolute atomic E-state index is 0.0414. The van der Waals surface area contributed by atoms with Crippen molar-refractivity contribution in [1.82, 2.24) is 0 Å². The fourth-order valence-corrected chi connectivity index (χ4v) is 8.42. The van der Waals surface area contributed by atoms with Crippen LogP contribution < -0.4 is 0 Å². The highest BCUT2D eigenvalue weighted by Crippen LogP contribution is 2.72. The first-order valence-electron chi connectivity index (χ1n) is 12.9. The second-order valence-corrected chi connectivity index (χ2v) is 11.3. The van der Waals surface area contributed by atoms with Gasteiger partial charge in [-0.25, -0.2) is 4.39 Å². The summed E-state index contributed by atoms with van der Waals surface area (Å²) >= 11 is 0. The molecular formula is C27H37FO7. The van der Waals surface area contributed by atoms with E-state index in [4.69, 9.17) is 18.9 Å². The van der Waals surface area contributed by atoms with E-state index in [1.165, 1.54) is 12.2 Å². The smallest absolute Gasteiger partial charge is 0.390 e. The number of fused-ring (bicyclic) bond motifs is 6. The predicted molar refractivity (Wildman–Crippen MR) is 124 cm³/mol. The molecule has 194 valence electrons. The first kappa shape index (κ1) is 25.2. The zero-order valence-corrected chi connectivity index (χ0v) is 21.3. The van der Waals surface area contributed by atoms with Crippen LogP contribution in [0.5, 0.6) is 0 Å². The summed E-state index contributed by atoms with van der Waals surface area (Å²) in [6, 6.07) is 0. The van der Waals surface area contributed by atoms with Crippen molar-refractivity contribution < 1.29 is 38.0 Å². The summed E-state index contributed by atoms with van der Waals surface area (Å²) in [7, 11) is 0. The summed E-state index contributed by atoms with van der Waals surface area (Å²) in [6.45, 7) is 9.52. The summed E-state index contributed by atoms with van der Waals surface area (Å²) in [5, 5.41) is 11.6. The molecule has 5 rings (SSSR count). The number of rotatable bonds is 4. The first-order chi connectivity index (χ1) is 16.4. The topological polar surface area (TPSA) is 91.3 Å². The molecule has 0 aromatic carbocycles. The Hall–Kier alpha value is -1.45. The Kier molecular flexibility index (Phi) is 5.78. The van der Waals surface area contributed by atoms with Gasteiger partial charge < -0.3 is 14.6 Å². The van der Waals surface area contributed by atoms with Crippen LogP contribution in [-0.4, -0.2) is 60.0 Å². The molecule has 4 aliphatic carbocycles. The lowest BCUT2D eigenvalue weighted by Gasteiger charge is -2.63. The molecule has 8 atom stereocenters. The fraction of sp³-hybridized carbons (Fsp3) is 0.778. The van der Waals surface area contributed by atoms with Crippen molar-refractivity contribution in [2.75, 3.05) is 19.8 Å². The summed E-state index contributed by atoms with van der Waals surface area (Å²) in [5.74, 6) is -1.37. The van der Waals surface area contributed by atoms with E-state index in [-0.39, 0.29) is 49.6 Å². The maximum atomic E-state index is 17.4. The second-order valence-electron chi connectivity index (χ2n) is 11.3. The second kappa shape index (κ2) is 8.02. The molecule has 35 heavy (non-hydrogen) atoms. The van der Waals surface area contributed by atoms with Crippen LogP contribution in [0.1, 0.15) is 60.3 Å². The monoisotopic (exact) mass is 492 g/mol. The van der Waals surface area contributed by atoms with Gasteiger partial charge in [0.1, 0.15) is 12.2 Å². The molecule has 1 aliphatic heterocycles. The Morgan fingerprint density at radius 3 is 2.51 bits per heavy atom. The lowest BCUT2D eigenvalue weighted by atomic mass is 9.44. The van der Waals surface area contributed by atoms with E-state index in [0.29, 0.717) is 19.3 Å². The van der Waals surface area contributed by atoms with Crippen molar-refractivity contribution in [2.45, 2.75) is 83.8 Å². The average molecular weight is 493 g/mol.